The number of hydrogen-bond acceptors (Lipinski definition) is 4. The molecule has 1 atom stereocenters. The summed E-state index contributed by atoms with van der Waals surface area (Å²) in [6, 6.07) is 9.86. The molecule has 3 rings (SSSR count). The topological polar surface area (TPSA) is 75.7 Å². The minimum atomic E-state index is -3.65. The summed E-state index contributed by atoms with van der Waals surface area (Å²) in [5.41, 5.74) is 0.520. The van der Waals surface area contributed by atoms with Gasteiger partial charge in [0, 0.05) is 10.7 Å². The molecule has 0 saturated carbocycles. The highest BCUT2D eigenvalue weighted by Crippen LogP contribution is 2.37. The van der Waals surface area contributed by atoms with Crippen LogP contribution in [-0.4, -0.2) is 33.2 Å². The fraction of sp³-hybridized carbons (Fsp3) is 0.188. The van der Waals surface area contributed by atoms with E-state index in [-0.39, 0.29) is 23.7 Å². The zero-order valence-corrected chi connectivity index (χ0v) is 14.6. The molecule has 9 heteroatoms. The molecule has 1 heterocycles. The third-order valence-electron chi connectivity index (χ3n) is 3.58. The molecule has 25 heavy (non-hydrogen) atoms. The number of sulfonamides is 1. The zero-order valence-electron chi connectivity index (χ0n) is 13.1. The Morgan fingerprint density at radius 2 is 2.08 bits per heavy atom. The summed E-state index contributed by atoms with van der Waals surface area (Å²) in [6.07, 6.45) is -0.0588. The van der Waals surface area contributed by atoms with Crippen LogP contribution in [0.25, 0.3) is 0 Å². The summed E-state index contributed by atoms with van der Waals surface area (Å²) in [5.74, 6) is -0.861. The van der Waals surface area contributed by atoms with Crippen molar-refractivity contribution in [3.63, 3.8) is 0 Å². The molecule has 6 nitrogen and oxygen atoms in total. The second-order valence-electron chi connectivity index (χ2n) is 5.51. The van der Waals surface area contributed by atoms with Crippen LogP contribution in [0.3, 0.4) is 0 Å². The largest absolute Gasteiger partial charge is 0.476 e. The molecule has 0 unspecified atom stereocenters. The highest BCUT2D eigenvalue weighted by Gasteiger charge is 2.35. The lowest BCUT2D eigenvalue weighted by molar-refractivity contribution is -0.122. The van der Waals surface area contributed by atoms with Gasteiger partial charge in [0.15, 0.2) is 6.10 Å². The Morgan fingerprint density at radius 3 is 2.76 bits per heavy atom. The molecule has 2 aromatic carbocycles. The van der Waals surface area contributed by atoms with Gasteiger partial charge in [-0.25, -0.2) is 12.8 Å². The molecule has 0 bridgehead atoms. The third-order valence-corrected chi connectivity index (χ3v) is 4.96. The summed E-state index contributed by atoms with van der Waals surface area (Å²) >= 11 is 5.92. The Morgan fingerprint density at radius 1 is 1.32 bits per heavy atom. The number of nitrogens with one attached hydrogen (secondary N) is 1. The van der Waals surface area contributed by atoms with E-state index < -0.39 is 27.9 Å². The first-order valence-corrected chi connectivity index (χ1v) is 9.47. The average molecular weight is 385 g/mol. The van der Waals surface area contributed by atoms with Gasteiger partial charge >= 0.3 is 0 Å². The SMILES string of the molecule is CS(=O)(=O)N1C[C@H](C(=O)Nc2cccc(F)c2)Oc2ccc(Cl)cc21. The molecule has 0 spiro atoms. The molecule has 1 N–H and O–H groups in total. The number of fused-ring (bicyclic) bond motifs is 1. The predicted octanol–water partition coefficient (Wildman–Crippen LogP) is 2.64. The fourth-order valence-corrected chi connectivity index (χ4v) is 3.54. The van der Waals surface area contributed by atoms with E-state index in [1.54, 1.807) is 0 Å². The molecule has 132 valence electrons. The molecule has 0 saturated heterocycles. The maximum Gasteiger partial charge on any atom is 0.267 e. The molecule has 1 aliphatic rings. The first kappa shape index (κ1) is 17.5. The molecular weight excluding hydrogens is 371 g/mol. The lowest BCUT2D eigenvalue weighted by atomic mass is 10.2. The summed E-state index contributed by atoms with van der Waals surface area (Å²) in [4.78, 5) is 12.4. The van der Waals surface area contributed by atoms with E-state index >= 15 is 0 Å². The van der Waals surface area contributed by atoms with E-state index in [0.29, 0.717) is 5.02 Å². The van der Waals surface area contributed by atoms with Crippen molar-refractivity contribution in [1.29, 1.82) is 0 Å². The Labute approximate surface area is 149 Å². The zero-order chi connectivity index (χ0) is 18.2. The number of ether oxygens (including phenoxy) is 1. The number of rotatable bonds is 3. The molecule has 0 fully saturated rings. The van der Waals surface area contributed by atoms with Crippen molar-refractivity contribution < 1.29 is 22.3 Å². The summed E-state index contributed by atoms with van der Waals surface area (Å²) in [7, 11) is -3.65. The number of anilines is 2. The summed E-state index contributed by atoms with van der Waals surface area (Å²) in [5, 5.41) is 2.86. The summed E-state index contributed by atoms with van der Waals surface area (Å²) in [6.45, 7) is -0.215. The van der Waals surface area contributed by atoms with Gasteiger partial charge in [-0.3, -0.25) is 9.10 Å². The molecule has 1 aliphatic heterocycles. The van der Waals surface area contributed by atoms with Crippen LogP contribution < -0.4 is 14.4 Å². The van der Waals surface area contributed by atoms with E-state index in [2.05, 4.69) is 5.32 Å². The number of benzene rings is 2. The lowest BCUT2D eigenvalue weighted by Gasteiger charge is -2.34. The van der Waals surface area contributed by atoms with Gasteiger partial charge in [-0.15, -0.1) is 0 Å². The number of carbonyl (C=O) groups excluding carboxylic acids is 1. The van der Waals surface area contributed by atoms with Crippen molar-refractivity contribution in [3.05, 3.63) is 53.3 Å². The highest BCUT2D eigenvalue weighted by atomic mass is 35.5. The normalized spacial score (nSPS) is 16.8. The first-order valence-electron chi connectivity index (χ1n) is 7.24. The van der Waals surface area contributed by atoms with Crippen molar-refractivity contribution >= 4 is 38.9 Å². The Hall–Kier alpha value is -2.32. The van der Waals surface area contributed by atoms with Gasteiger partial charge in [-0.2, -0.15) is 0 Å². The molecule has 0 aromatic heterocycles. The van der Waals surface area contributed by atoms with Crippen molar-refractivity contribution in [2.75, 3.05) is 22.4 Å². The van der Waals surface area contributed by atoms with E-state index in [1.807, 2.05) is 0 Å². The van der Waals surface area contributed by atoms with E-state index in [9.17, 15) is 17.6 Å². The number of carbonyl (C=O) groups is 1. The van der Waals surface area contributed by atoms with Gasteiger partial charge in [0.05, 0.1) is 18.5 Å². The number of amides is 1. The van der Waals surface area contributed by atoms with Gasteiger partial charge < -0.3 is 10.1 Å². The van der Waals surface area contributed by atoms with Crippen molar-refractivity contribution in [1.82, 2.24) is 0 Å². The van der Waals surface area contributed by atoms with Crippen LogP contribution in [-0.2, 0) is 14.8 Å². The quantitative estimate of drug-likeness (QED) is 0.882. The monoisotopic (exact) mass is 384 g/mol. The Balaban J connectivity index is 1.89. The van der Waals surface area contributed by atoms with Gasteiger partial charge in [-0.05, 0) is 36.4 Å². The standard InChI is InChI=1S/C16H14ClFN2O4S/c1-25(22,23)20-9-15(24-14-6-5-10(17)7-13(14)20)16(21)19-12-4-2-3-11(18)8-12/h2-8,15H,9H2,1H3,(H,19,21)/t15-/m1/s1. The molecule has 0 aliphatic carbocycles. The fourth-order valence-electron chi connectivity index (χ4n) is 2.46. The lowest BCUT2D eigenvalue weighted by Crippen LogP contribution is -2.48. The average Bonchev–Trinajstić information content (AvgIpc) is 2.52. The smallest absolute Gasteiger partial charge is 0.267 e. The predicted molar refractivity (Wildman–Crippen MR) is 93.1 cm³/mol. The van der Waals surface area contributed by atoms with Crippen molar-refractivity contribution in [2.24, 2.45) is 0 Å². The van der Waals surface area contributed by atoms with Crippen LogP contribution in [0.2, 0.25) is 5.02 Å². The van der Waals surface area contributed by atoms with Crippen LogP contribution >= 0.6 is 11.6 Å². The van der Waals surface area contributed by atoms with Crippen molar-refractivity contribution in [3.8, 4) is 5.75 Å². The second kappa shape index (κ2) is 6.53. The van der Waals surface area contributed by atoms with E-state index in [0.717, 1.165) is 16.6 Å². The maximum atomic E-state index is 13.2. The van der Waals surface area contributed by atoms with Crippen LogP contribution in [0.4, 0.5) is 15.8 Å². The highest BCUT2D eigenvalue weighted by molar-refractivity contribution is 7.92. The van der Waals surface area contributed by atoms with Crippen LogP contribution in [0.5, 0.6) is 5.75 Å². The second-order valence-corrected chi connectivity index (χ2v) is 7.86. The minimum absolute atomic E-state index is 0.215. The summed E-state index contributed by atoms with van der Waals surface area (Å²) < 4.78 is 44.1. The van der Waals surface area contributed by atoms with Gasteiger partial charge in [0.1, 0.15) is 11.6 Å². The van der Waals surface area contributed by atoms with Gasteiger partial charge in [-0.1, -0.05) is 17.7 Å². The van der Waals surface area contributed by atoms with Crippen LogP contribution in [0.1, 0.15) is 0 Å². The van der Waals surface area contributed by atoms with E-state index in [4.69, 9.17) is 16.3 Å². The maximum absolute atomic E-state index is 13.2. The molecule has 2 aromatic rings. The van der Waals surface area contributed by atoms with Crippen LogP contribution in [0, 0.1) is 5.82 Å². The van der Waals surface area contributed by atoms with Crippen molar-refractivity contribution in [2.45, 2.75) is 6.10 Å². The number of halogens is 2. The molecular formula is C16H14ClFN2O4S. The Kier molecular flexibility index (Phi) is 4.57. The third kappa shape index (κ3) is 3.85. The Bertz CT molecular complexity index is 935. The van der Waals surface area contributed by atoms with Crippen LogP contribution in [0.15, 0.2) is 42.5 Å². The first-order chi connectivity index (χ1) is 11.7. The van der Waals surface area contributed by atoms with Gasteiger partial charge in [0.25, 0.3) is 5.91 Å². The number of nitrogens with zero attached hydrogens (tertiary/aromatic N) is 1. The minimum Gasteiger partial charge on any atom is -0.476 e. The molecule has 1 amide bonds. The van der Waals surface area contributed by atoms with Gasteiger partial charge in [0.2, 0.25) is 10.0 Å². The number of hydrogen-bond donors (Lipinski definition) is 1. The molecule has 0 radical (unpaired) electrons. The van der Waals surface area contributed by atoms with E-state index in [1.165, 1.54) is 36.4 Å².